The van der Waals surface area contributed by atoms with Crippen molar-refractivity contribution >= 4 is 32.7 Å². The van der Waals surface area contributed by atoms with E-state index in [0.717, 1.165) is 0 Å². The van der Waals surface area contributed by atoms with E-state index >= 15 is 0 Å². The number of H-pyrrole nitrogens is 1. The summed E-state index contributed by atoms with van der Waals surface area (Å²) in [4.78, 5) is 19.7. The molecule has 3 aromatic heterocycles. The fraction of sp³-hybridized carbons (Fsp3) is 0.400. The van der Waals surface area contributed by atoms with Crippen LogP contribution in [0.25, 0.3) is 16.8 Å². The summed E-state index contributed by atoms with van der Waals surface area (Å²) in [6.45, 7) is 4.72. The van der Waals surface area contributed by atoms with E-state index in [0.29, 0.717) is 34.0 Å². The Morgan fingerprint density at radius 3 is 3.00 bits per heavy atom. The van der Waals surface area contributed by atoms with Gasteiger partial charge in [-0.1, -0.05) is 13.8 Å². The summed E-state index contributed by atoms with van der Waals surface area (Å²) in [7, 11) is 0. The molecule has 8 heteroatoms. The van der Waals surface area contributed by atoms with Crippen LogP contribution in [-0.4, -0.2) is 29.1 Å². The van der Waals surface area contributed by atoms with Crippen molar-refractivity contribution in [3.63, 3.8) is 0 Å². The summed E-state index contributed by atoms with van der Waals surface area (Å²) >= 11 is 3.28. The Labute approximate surface area is 110 Å². The zero-order valence-corrected chi connectivity index (χ0v) is 11.5. The van der Waals surface area contributed by atoms with E-state index in [-0.39, 0.29) is 5.69 Å². The molecule has 0 saturated heterocycles. The summed E-state index contributed by atoms with van der Waals surface area (Å²) in [6.07, 6.45) is 1.41. The SMILES string of the molecule is CC(C)Cn1c(=O)n2cnnc2c2nc(Br)[nH]c21. The van der Waals surface area contributed by atoms with Gasteiger partial charge in [0.2, 0.25) is 0 Å². The van der Waals surface area contributed by atoms with Crippen molar-refractivity contribution in [2.45, 2.75) is 20.4 Å². The lowest BCUT2D eigenvalue weighted by Crippen LogP contribution is -2.28. The van der Waals surface area contributed by atoms with Crippen LogP contribution in [0.1, 0.15) is 13.8 Å². The molecule has 94 valence electrons. The molecule has 7 nitrogen and oxygen atoms in total. The van der Waals surface area contributed by atoms with E-state index in [1.165, 1.54) is 10.7 Å². The molecule has 0 unspecified atom stereocenters. The van der Waals surface area contributed by atoms with Crippen LogP contribution in [0.3, 0.4) is 0 Å². The molecule has 0 aliphatic carbocycles. The Morgan fingerprint density at radius 2 is 2.28 bits per heavy atom. The Bertz CT molecular complexity index is 783. The maximum absolute atomic E-state index is 12.3. The molecule has 0 atom stereocenters. The number of nitrogens with zero attached hydrogens (tertiary/aromatic N) is 5. The minimum Gasteiger partial charge on any atom is -0.318 e. The van der Waals surface area contributed by atoms with Gasteiger partial charge in [-0.05, 0) is 21.8 Å². The highest BCUT2D eigenvalue weighted by atomic mass is 79.9. The van der Waals surface area contributed by atoms with E-state index in [9.17, 15) is 4.79 Å². The molecule has 3 rings (SSSR count). The minimum absolute atomic E-state index is 0.160. The summed E-state index contributed by atoms with van der Waals surface area (Å²) in [6, 6.07) is 0. The molecule has 0 aliphatic rings. The predicted molar refractivity (Wildman–Crippen MR) is 69.4 cm³/mol. The van der Waals surface area contributed by atoms with Crippen LogP contribution >= 0.6 is 15.9 Å². The van der Waals surface area contributed by atoms with Crippen LogP contribution in [0, 0.1) is 5.92 Å². The first-order chi connectivity index (χ1) is 8.58. The molecule has 0 amide bonds. The third kappa shape index (κ3) is 1.56. The highest BCUT2D eigenvalue weighted by molar-refractivity contribution is 9.10. The van der Waals surface area contributed by atoms with Crippen molar-refractivity contribution < 1.29 is 0 Å². The van der Waals surface area contributed by atoms with E-state index in [4.69, 9.17) is 0 Å². The second kappa shape index (κ2) is 3.91. The summed E-state index contributed by atoms with van der Waals surface area (Å²) in [5, 5.41) is 7.71. The molecular weight excluding hydrogens is 300 g/mol. The van der Waals surface area contributed by atoms with Crippen LogP contribution < -0.4 is 5.69 Å². The molecule has 3 heterocycles. The van der Waals surface area contributed by atoms with E-state index in [1.807, 2.05) is 0 Å². The molecule has 0 aliphatic heterocycles. The van der Waals surface area contributed by atoms with Gasteiger partial charge in [-0.2, -0.15) is 0 Å². The first-order valence-electron chi connectivity index (χ1n) is 5.55. The minimum atomic E-state index is -0.160. The summed E-state index contributed by atoms with van der Waals surface area (Å²) < 4.78 is 3.65. The number of rotatable bonds is 2. The van der Waals surface area contributed by atoms with Crippen molar-refractivity contribution in [1.82, 2.24) is 29.1 Å². The number of hydrogen-bond acceptors (Lipinski definition) is 4. The van der Waals surface area contributed by atoms with E-state index in [2.05, 4.69) is 49.9 Å². The quantitative estimate of drug-likeness (QED) is 0.721. The molecule has 0 aromatic carbocycles. The van der Waals surface area contributed by atoms with Crippen LogP contribution in [0.5, 0.6) is 0 Å². The van der Waals surface area contributed by atoms with Crippen LogP contribution in [0.15, 0.2) is 15.9 Å². The predicted octanol–water partition coefficient (Wildman–Crippen LogP) is 1.19. The molecule has 0 spiro atoms. The van der Waals surface area contributed by atoms with Gasteiger partial charge in [0.05, 0.1) is 0 Å². The summed E-state index contributed by atoms with van der Waals surface area (Å²) in [5.74, 6) is 0.349. The Morgan fingerprint density at radius 1 is 1.50 bits per heavy atom. The molecule has 0 bridgehead atoms. The average molecular weight is 311 g/mol. The number of nitrogens with one attached hydrogen (secondary N) is 1. The third-order valence-corrected chi connectivity index (χ3v) is 3.05. The van der Waals surface area contributed by atoms with Crippen molar-refractivity contribution in [3.05, 3.63) is 21.5 Å². The molecule has 0 saturated carbocycles. The molecular formula is C10H11BrN6O. The van der Waals surface area contributed by atoms with E-state index in [1.54, 1.807) is 4.57 Å². The number of imidazole rings is 1. The Kier molecular flexibility index (Phi) is 2.47. The number of hydrogen-bond donors (Lipinski definition) is 1. The van der Waals surface area contributed by atoms with Gasteiger partial charge < -0.3 is 4.98 Å². The van der Waals surface area contributed by atoms with Gasteiger partial charge in [0.15, 0.2) is 15.9 Å². The molecule has 0 fully saturated rings. The maximum atomic E-state index is 12.3. The van der Waals surface area contributed by atoms with Gasteiger partial charge in [-0.25, -0.2) is 14.2 Å². The normalized spacial score (nSPS) is 12.0. The maximum Gasteiger partial charge on any atom is 0.336 e. The second-order valence-corrected chi connectivity index (χ2v) is 5.29. The first-order valence-corrected chi connectivity index (χ1v) is 6.35. The van der Waals surface area contributed by atoms with Crippen molar-refractivity contribution in [2.75, 3.05) is 0 Å². The second-order valence-electron chi connectivity index (χ2n) is 4.54. The zero-order valence-electron chi connectivity index (χ0n) is 9.88. The van der Waals surface area contributed by atoms with Gasteiger partial charge in [0.25, 0.3) is 0 Å². The zero-order chi connectivity index (χ0) is 12.9. The van der Waals surface area contributed by atoms with Crippen molar-refractivity contribution in [3.8, 4) is 0 Å². The Balaban J connectivity index is 2.49. The number of aromatic amines is 1. The third-order valence-electron chi connectivity index (χ3n) is 2.67. The van der Waals surface area contributed by atoms with Gasteiger partial charge in [0.1, 0.15) is 12.0 Å². The monoisotopic (exact) mass is 310 g/mol. The summed E-state index contributed by atoms with van der Waals surface area (Å²) in [5.41, 5.74) is 1.62. The highest BCUT2D eigenvalue weighted by Gasteiger charge is 2.16. The fourth-order valence-corrected chi connectivity index (χ4v) is 2.35. The first kappa shape index (κ1) is 11.4. The molecule has 18 heavy (non-hydrogen) atoms. The lowest BCUT2D eigenvalue weighted by atomic mass is 10.2. The fourth-order valence-electron chi connectivity index (χ4n) is 1.98. The van der Waals surface area contributed by atoms with Gasteiger partial charge in [-0.3, -0.25) is 4.57 Å². The Hall–Kier alpha value is -1.70. The lowest BCUT2D eigenvalue weighted by molar-refractivity contribution is 0.511. The number of fused-ring (bicyclic) bond motifs is 3. The van der Waals surface area contributed by atoms with Crippen LogP contribution in [-0.2, 0) is 6.54 Å². The van der Waals surface area contributed by atoms with Gasteiger partial charge >= 0.3 is 5.69 Å². The van der Waals surface area contributed by atoms with Gasteiger partial charge in [0, 0.05) is 6.54 Å². The van der Waals surface area contributed by atoms with Gasteiger partial charge in [-0.15, -0.1) is 10.2 Å². The largest absolute Gasteiger partial charge is 0.336 e. The molecule has 0 radical (unpaired) electrons. The van der Waals surface area contributed by atoms with Crippen LogP contribution in [0.2, 0.25) is 0 Å². The van der Waals surface area contributed by atoms with Crippen molar-refractivity contribution in [2.24, 2.45) is 5.92 Å². The molecule has 1 N–H and O–H groups in total. The number of aromatic nitrogens is 6. The average Bonchev–Trinajstić information content (AvgIpc) is 2.89. The standard InChI is InChI=1S/C10H11BrN6O/c1-5(2)3-16-7-6(13-9(11)14-7)8-15-12-4-17(8)10(16)18/h4-5H,3H2,1-2H3,(H,13,14). The highest BCUT2D eigenvalue weighted by Crippen LogP contribution is 2.17. The topological polar surface area (TPSA) is 80.9 Å². The van der Waals surface area contributed by atoms with Crippen molar-refractivity contribution in [1.29, 1.82) is 0 Å². The number of halogens is 1. The lowest BCUT2D eigenvalue weighted by Gasteiger charge is -2.09. The molecule has 3 aromatic rings. The smallest absolute Gasteiger partial charge is 0.318 e. The van der Waals surface area contributed by atoms with Crippen LogP contribution in [0.4, 0.5) is 0 Å². The van der Waals surface area contributed by atoms with E-state index < -0.39 is 0 Å².